The summed E-state index contributed by atoms with van der Waals surface area (Å²) in [6.45, 7) is 1.73. The average Bonchev–Trinajstić information content (AvgIpc) is 3.09. The first-order chi connectivity index (χ1) is 14.7. The number of hydrogen-bond donors (Lipinski definition) is 0. The summed E-state index contributed by atoms with van der Waals surface area (Å²) >= 11 is 0. The highest BCUT2D eigenvalue weighted by Crippen LogP contribution is 2.38. The minimum Gasteiger partial charge on any atom is -0.381 e. The molecule has 2 aliphatic heterocycles. The van der Waals surface area contributed by atoms with Gasteiger partial charge in [0.15, 0.2) is 0 Å². The van der Waals surface area contributed by atoms with Crippen LogP contribution in [0.4, 0.5) is 13.2 Å². The zero-order chi connectivity index (χ0) is 22.2. The molecule has 10 heteroatoms. The molecular formula is C21H25F3N4O3. The Labute approximate surface area is 177 Å². The van der Waals surface area contributed by atoms with E-state index in [1.165, 1.54) is 0 Å². The Hall–Kier alpha value is -2.62. The lowest BCUT2D eigenvalue weighted by atomic mass is 9.72. The number of rotatable bonds is 3. The van der Waals surface area contributed by atoms with Gasteiger partial charge in [0.2, 0.25) is 11.7 Å². The fourth-order valence-electron chi connectivity index (χ4n) is 4.66. The van der Waals surface area contributed by atoms with E-state index in [9.17, 15) is 22.8 Å². The number of carbonyl (C=O) groups is 1. The van der Waals surface area contributed by atoms with Crippen LogP contribution in [0.2, 0.25) is 0 Å². The Balaban J connectivity index is 1.52. The molecule has 0 spiro atoms. The third-order valence-electron chi connectivity index (χ3n) is 6.44. The average molecular weight is 438 g/mol. The molecular weight excluding hydrogens is 413 g/mol. The largest absolute Gasteiger partial charge is 0.451 e. The third kappa shape index (κ3) is 3.88. The smallest absolute Gasteiger partial charge is 0.381 e. The Morgan fingerprint density at radius 1 is 1.13 bits per heavy atom. The van der Waals surface area contributed by atoms with Crippen LogP contribution in [0.1, 0.15) is 43.1 Å². The zero-order valence-electron chi connectivity index (χ0n) is 17.3. The van der Waals surface area contributed by atoms with Gasteiger partial charge in [-0.1, -0.05) is 30.3 Å². The lowest BCUT2D eigenvalue weighted by Gasteiger charge is -2.42. The fraction of sp³-hybridized carbons (Fsp3) is 0.571. The normalized spacial score (nSPS) is 20.1. The molecule has 0 N–H and O–H groups in total. The molecule has 0 bridgehead atoms. The molecule has 168 valence electrons. The summed E-state index contributed by atoms with van der Waals surface area (Å²) in [7, 11) is 1.07. The molecule has 0 saturated carbocycles. The van der Waals surface area contributed by atoms with Gasteiger partial charge in [-0.05, 0) is 31.2 Å². The van der Waals surface area contributed by atoms with Gasteiger partial charge in [-0.15, -0.1) is 5.10 Å². The van der Waals surface area contributed by atoms with Gasteiger partial charge in [-0.25, -0.2) is 9.48 Å². The van der Waals surface area contributed by atoms with Crippen LogP contribution in [0.15, 0.2) is 35.1 Å². The summed E-state index contributed by atoms with van der Waals surface area (Å²) in [5.74, 6) is -1.19. The number of benzene rings is 1. The Morgan fingerprint density at radius 2 is 1.74 bits per heavy atom. The molecule has 2 saturated heterocycles. The van der Waals surface area contributed by atoms with Crippen LogP contribution in [-0.4, -0.2) is 51.5 Å². The molecule has 1 amide bonds. The van der Waals surface area contributed by atoms with Gasteiger partial charge in [0, 0.05) is 33.4 Å². The van der Waals surface area contributed by atoms with Gasteiger partial charge < -0.3 is 9.64 Å². The van der Waals surface area contributed by atoms with Crippen LogP contribution >= 0.6 is 0 Å². The molecule has 31 heavy (non-hydrogen) atoms. The predicted octanol–water partition coefficient (Wildman–Crippen LogP) is 2.51. The van der Waals surface area contributed by atoms with E-state index < -0.39 is 29.1 Å². The number of nitrogens with zero attached hydrogens (tertiary/aromatic N) is 4. The van der Waals surface area contributed by atoms with Gasteiger partial charge in [0.1, 0.15) is 0 Å². The first kappa shape index (κ1) is 21.6. The topological polar surface area (TPSA) is 69.4 Å². The van der Waals surface area contributed by atoms with Crippen LogP contribution < -0.4 is 5.69 Å². The highest BCUT2D eigenvalue weighted by Gasteiger charge is 2.45. The highest BCUT2D eigenvalue weighted by atomic mass is 19.4. The zero-order valence-corrected chi connectivity index (χ0v) is 17.3. The van der Waals surface area contributed by atoms with Crippen LogP contribution in [0.3, 0.4) is 0 Å². The number of ether oxygens (including phenoxy) is 1. The van der Waals surface area contributed by atoms with Gasteiger partial charge in [0.05, 0.1) is 11.5 Å². The van der Waals surface area contributed by atoms with E-state index in [0.717, 1.165) is 17.3 Å². The van der Waals surface area contributed by atoms with Gasteiger partial charge in [0.25, 0.3) is 0 Å². The lowest BCUT2D eigenvalue weighted by Crippen LogP contribution is -2.52. The molecule has 2 aromatic rings. The standard InChI is InChI=1S/C21H25F3N4O3/c1-26-17(21(22,23)24)25-28(19(26)30)16-7-11-27(12-8-16)18(29)20(9-13-31-14-10-20)15-5-3-2-4-6-15/h2-6,16H,7-14H2,1H3. The second kappa shape index (κ2) is 8.14. The second-order valence-corrected chi connectivity index (χ2v) is 8.19. The van der Waals surface area contributed by atoms with E-state index in [-0.39, 0.29) is 5.91 Å². The molecule has 0 radical (unpaired) electrons. The number of hydrogen-bond acceptors (Lipinski definition) is 4. The van der Waals surface area contributed by atoms with Crippen molar-refractivity contribution in [2.45, 2.75) is 43.3 Å². The van der Waals surface area contributed by atoms with Crippen LogP contribution in [-0.2, 0) is 28.2 Å². The van der Waals surface area contributed by atoms with Crippen molar-refractivity contribution in [3.05, 3.63) is 52.2 Å². The molecule has 7 nitrogen and oxygen atoms in total. The molecule has 0 atom stereocenters. The number of alkyl halides is 3. The quantitative estimate of drug-likeness (QED) is 0.739. The van der Waals surface area contributed by atoms with Gasteiger partial charge in [-0.3, -0.25) is 9.36 Å². The maximum atomic E-state index is 13.6. The van der Waals surface area contributed by atoms with Crippen LogP contribution in [0, 0.1) is 0 Å². The Bertz CT molecular complexity index is 986. The SMILES string of the molecule is Cn1c(C(F)(F)F)nn(C2CCN(C(=O)C3(c4ccccc4)CCOCC3)CC2)c1=O. The third-order valence-corrected chi connectivity index (χ3v) is 6.44. The molecule has 3 heterocycles. The van der Waals surface area contributed by atoms with Crippen molar-refractivity contribution in [2.75, 3.05) is 26.3 Å². The van der Waals surface area contributed by atoms with Crippen molar-refractivity contribution in [3.8, 4) is 0 Å². The van der Waals surface area contributed by atoms with Crippen LogP contribution in [0.25, 0.3) is 0 Å². The van der Waals surface area contributed by atoms with E-state index in [0.29, 0.717) is 56.6 Å². The van der Waals surface area contributed by atoms with Gasteiger partial charge in [-0.2, -0.15) is 13.2 Å². The molecule has 4 rings (SSSR count). The van der Waals surface area contributed by atoms with Crippen molar-refractivity contribution in [2.24, 2.45) is 7.05 Å². The first-order valence-electron chi connectivity index (χ1n) is 10.4. The van der Waals surface area contributed by atoms with Crippen molar-refractivity contribution in [1.29, 1.82) is 0 Å². The molecule has 2 fully saturated rings. The van der Waals surface area contributed by atoms with Crippen molar-refractivity contribution >= 4 is 5.91 Å². The number of carbonyl (C=O) groups excluding carboxylic acids is 1. The molecule has 1 aromatic carbocycles. The van der Waals surface area contributed by atoms with Crippen LogP contribution in [0.5, 0.6) is 0 Å². The van der Waals surface area contributed by atoms with Crippen molar-refractivity contribution in [3.63, 3.8) is 0 Å². The fourth-order valence-corrected chi connectivity index (χ4v) is 4.66. The molecule has 1 aromatic heterocycles. The Kier molecular flexibility index (Phi) is 5.67. The molecule has 2 aliphatic rings. The highest BCUT2D eigenvalue weighted by molar-refractivity contribution is 5.88. The second-order valence-electron chi connectivity index (χ2n) is 8.19. The van der Waals surface area contributed by atoms with Crippen molar-refractivity contribution in [1.82, 2.24) is 19.2 Å². The van der Waals surface area contributed by atoms with E-state index in [2.05, 4.69) is 5.10 Å². The maximum absolute atomic E-state index is 13.6. The predicted molar refractivity (Wildman–Crippen MR) is 105 cm³/mol. The molecule has 0 unspecified atom stereocenters. The minimum atomic E-state index is -4.69. The maximum Gasteiger partial charge on any atom is 0.451 e. The summed E-state index contributed by atoms with van der Waals surface area (Å²) < 4.78 is 46.2. The van der Waals surface area contributed by atoms with E-state index in [1.807, 2.05) is 30.3 Å². The summed E-state index contributed by atoms with van der Waals surface area (Å²) in [6, 6.07) is 9.19. The first-order valence-corrected chi connectivity index (χ1v) is 10.4. The summed E-state index contributed by atoms with van der Waals surface area (Å²) in [5, 5.41) is 3.55. The number of likely N-dealkylation sites (tertiary alicyclic amines) is 1. The summed E-state index contributed by atoms with van der Waals surface area (Å²) in [6.07, 6.45) is -2.77. The summed E-state index contributed by atoms with van der Waals surface area (Å²) in [5.41, 5.74) is -0.485. The van der Waals surface area contributed by atoms with E-state index in [1.54, 1.807) is 4.90 Å². The Morgan fingerprint density at radius 3 is 2.29 bits per heavy atom. The number of amides is 1. The minimum absolute atomic E-state index is 0.0183. The van der Waals surface area contributed by atoms with Gasteiger partial charge >= 0.3 is 11.9 Å². The lowest BCUT2D eigenvalue weighted by molar-refractivity contribution is -0.147. The summed E-state index contributed by atoms with van der Waals surface area (Å²) in [4.78, 5) is 27.7. The van der Waals surface area contributed by atoms with E-state index in [4.69, 9.17) is 4.74 Å². The monoisotopic (exact) mass is 438 g/mol. The number of halogens is 3. The van der Waals surface area contributed by atoms with E-state index >= 15 is 0 Å². The van der Waals surface area contributed by atoms with Crippen molar-refractivity contribution < 1.29 is 22.7 Å². The number of aromatic nitrogens is 3. The number of piperidine rings is 1. The molecule has 0 aliphatic carbocycles.